The summed E-state index contributed by atoms with van der Waals surface area (Å²) in [5, 5.41) is 3.22. The average molecular weight is 232 g/mol. The van der Waals surface area contributed by atoms with Crippen LogP contribution < -0.4 is 10.0 Å². The number of sulfonamides is 1. The summed E-state index contributed by atoms with van der Waals surface area (Å²) in [6, 6.07) is 0. The molecule has 0 saturated carbocycles. The van der Waals surface area contributed by atoms with Gasteiger partial charge in [-0.25, -0.2) is 13.1 Å². The van der Waals surface area contributed by atoms with Gasteiger partial charge in [0.1, 0.15) is 0 Å². The normalized spacial score (nSPS) is 22.5. The highest BCUT2D eigenvalue weighted by molar-refractivity contribution is 7.89. The lowest BCUT2D eigenvalue weighted by Gasteiger charge is -2.22. The van der Waals surface area contributed by atoms with Crippen LogP contribution in [0.1, 0.15) is 19.3 Å². The van der Waals surface area contributed by atoms with Gasteiger partial charge < -0.3 is 5.32 Å². The Hall–Kier alpha value is -0.390. The second-order valence-corrected chi connectivity index (χ2v) is 5.82. The first-order valence-corrected chi connectivity index (χ1v) is 7.08. The number of hydrogen-bond acceptors (Lipinski definition) is 3. The van der Waals surface area contributed by atoms with E-state index in [9.17, 15) is 8.42 Å². The third-order valence-electron chi connectivity index (χ3n) is 2.52. The zero-order chi connectivity index (χ0) is 11.1. The highest BCUT2D eigenvalue weighted by Crippen LogP contribution is 2.11. The van der Waals surface area contributed by atoms with Crippen LogP contribution >= 0.6 is 0 Å². The van der Waals surface area contributed by atoms with Crippen molar-refractivity contribution in [2.45, 2.75) is 19.3 Å². The van der Waals surface area contributed by atoms with Gasteiger partial charge in [-0.05, 0) is 38.3 Å². The monoisotopic (exact) mass is 232 g/mol. The molecule has 0 aliphatic carbocycles. The van der Waals surface area contributed by atoms with E-state index in [0.29, 0.717) is 13.0 Å². The van der Waals surface area contributed by atoms with E-state index in [1.165, 1.54) is 0 Å². The van der Waals surface area contributed by atoms with Gasteiger partial charge in [0.2, 0.25) is 10.0 Å². The van der Waals surface area contributed by atoms with Crippen LogP contribution in [-0.4, -0.2) is 33.8 Å². The summed E-state index contributed by atoms with van der Waals surface area (Å²) in [7, 11) is -3.09. The SMILES string of the molecule is C=CCCNS(=O)(=O)CC1CCCNC1. The van der Waals surface area contributed by atoms with Gasteiger partial charge in [0.25, 0.3) is 0 Å². The van der Waals surface area contributed by atoms with Gasteiger partial charge in [-0.1, -0.05) is 6.08 Å². The summed E-state index contributed by atoms with van der Waals surface area (Å²) in [4.78, 5) is 0. The predicted octanol–water partition coefficient (Wildman–Crippen LogP) is 0.481. The van der Waals surface area contributed by atoms with Crippen LogP contribution in [0.3, 0.4) is 0 Å². The first-order chi connectivity index (χ1) is 7.14. The Kier molecular flexibility index (Phi) is 5.28. The highest BCUT2D eigenvalue weighted by atomic mass is 32.2. The predicted molar refractivity (Wildman–Crippen MR) is 62.2 cm³/mol. The van der Waals surface area contributed by atoms with E-state index in [0.717, 1.165) is 25.9 Å². The molecule has 0 bridgehead atoms. The minimum Gasteiger partial charge on any atom is -0.316 e. The van der Waals surface area contributed by atoms with Crippen molar-refractivity contribution in [1.82, 2.24) is 10.0 Å². The molecular weight excluding hydrogens is 212 g/mol. The average Bonchev–Trinajstić information content (AvgIpc) is 2.18. The van der Waals surface area contributed by atoms with Crippen molar-refractivity contribution in [3.05, 3.63) is 12.7 Å². The molecule has 1 heterocycles. The third-order valence-corrected chi connectivity index (χ3v) is 4.08. The van der Waals surface area contributed by atoms with E-state index in [-0.39, 0.29) is 11.7 Å². The van der Waals surface area contributed by atoms with Crippen molar-refractivity contribution in [1.29, 1.82) is 0 Å². The summed E-state index contributed by atoms with van der Waals surface area (Å²) >= 11 is 0. The molecule has 0 aromatic rings. The maximum absolute atomic E-state index is 11.6. The molecular formula is C10H20N2O2S. The molecule has 1 fully saturated rings. The van der Waals surface area contributed by atoms with Crippen LogP contribution in [-0.2, 0) is 10.0 Å². The fraction of sp³-hybridized carbons (Fsp3) is 0.800. The standard InChI is InChI=1S/C10H20N2O2S/c1-2-3-7-12-15(13,14)9-10-5-4-6-11-8-10/h2,10-12H,1,3-9H2. The zero-order valence-corrected chi connectivity index (χ0v) is 9.85. The third kappa shape index (κ3) is 5.30. The minimum atomic E-state index is -3.09. The lowest BCUT2D eigenvalue weighted by molar-refractivity contribution is 0.403. The first kappa shape index (κ1) is 12.7. The summed E-state index contributed by atoms with van der Waals surface area (Å²) in [6.45, 7) is 5.85. The topological polar surface area (TPSA) is 58.2 Å². The molecule has 1 rings (SSSR count). The largest absolute Gasteiger partial charge is 0.316 e. The highest BCUT2D eigenvalue weighted by Gasteiger charge is 2.20. The van der Waals surface area contributed by atoms with Crippen LogP contribution in [0.2, 0.25) is 0 Å². The molecule has 1 aliphatic heterocycles. The Bertz CT molecular complexity index is 282. The molecule has 1 aliphatic rings. The summed E-state index contributed by atoms with van der Waals surface area (Å²) in [6.07, 6.45) is 4.48. The van der Waals surface area contributed by atoms with E-state index >= 15 is 0 Å². The molecule has 1 saturated heterocycles. The molecule has 0 aromatic carbocycles. The molecule has 0 spiro atoms. The van der Waals surface area contributed by atoms with Gasteiger partial charge in [-0.3, -0.25) is 0 Å². The summed E-state index contributed by atoms with van der Waals surface area (Å²) in [5.41, 5.74) is 0. The van der Waals surface area contributed by atoms with Gasteiger partial charge >= 0.3 is 0 Å². The van der Waals surface area contributed by atoms with Crippen molar-refractivity contribution in [3.63, 3.8) is 0 Å². The second kappa shape index (κ2) is 6.25. The van der Waals surface area contributed by atoms with Crippen LogP contribution in [0.5, 0.6) is 0 Å². The minimum absolute atomic E-state index is 0.247. The van der Waals surface area contributed by atoms with Crippen LogP contribution in [0, 0.1) is 5.92 Å². The zero-order valence-electron chi connectivity index (χ0n) is 9.04. The van der Waals surface area contributed by atoms with Crippen molar-refractivity contribution < 1.29 is 8.42 Å². The fourth-order valence-electron chi connectivity index (χ4n) is 1.75. The molecule has 2 N–H and O–H groups in total. The molecule has 0 amide bonds. The second-order valence-electron chi connectivity index (χ2n) is 3.97. The van der Waals surface area contributed by atoms with Crippen molar-refractivity contribution in [2.75, 3.05) is 25.4 Å². The van der Waals surface area contributed by atoms with Gasteiger partial charge in [-0.2, -0.15) is 0 Å². The maximum atomic E-state index is 11.6. The molecule has 4 nitrogen and oxygen atoms in total. The molecule has 1 unspecified atom stereocenters. The number of hydrogen-bond donors (Lipinski definition) is 2. The number of nitrogens with one attached hydrogen (secondary N) is 2. The number of rotatable bonds is 6. The van der Waals surface area contributed by atoms with Crippen molar-refractivity contribution in [2.24, 2.45) is 5.92 Å². The van der Waals surface area contributed by atoms with Crippen LogP contribution in [0.15, 0.2) is 12.7 Å². The molecule has 5 heteroatoms. The molecule has 1 atom stereocenters. The summed E-state index contributed by atoms with van der Waals surface area (Å²) < 4.78 is 25.8. The van der Waals surface area contributed by atoms with E-state index in [1.54, 1.807) is 6.08 Å². The molecule has 88 valence electrons. The van der Waals surface area contributed by atoms with Gasteiger partial charge in [0.05, 0.1) is 5.75 Å². The van der Waals surface area contributed by atoms with Gasteiger partial charge in [-0.15, -0.1) is 6.58 Å². The van der Waals surface area contributed by atoms with Gasteiger partial charge in [0.15, 0.2) is 0 Å². The van der Waals surface area contributed by atoms with E-state index < -0.39 is 10.0 Å². The Morgan fingerprint density at radius 1 is 1.53 bits per heavy atom. The molecule has 15 heavy (non-hydrogen) atoms. The van der Waals surface area contributed by atoms with Gasteiger partial charge in [0, 0.05) is 6.54 Å². The first-order valence-electron chi connectivity index (χ1n) is 5.43. The van der Waals surface area contributed by atoms with E-state index in [1.807, 2.05) is 0 Å². The maximum Gasteiger partial charge on any atom is 0.211 e. The lowest BCUT2D eigenvalue weighted by Crippen LogP contribution is -2.37. The fourth-order valence-corrected chi connectivity index (χ4v) is 3.20. The smallest absolute Gasteiger partial charge is 0.211 e. The van der Waals surface area contributed by atoms with Crippen LogP contribution in [0.4, 0.5) is 0 Å². The molecule has 0 aromatic heterocycles. The van der Waals surface area contributed by atoms with Crippen LogP contribution in [0.25, 0.3) is 0 Å². The van der Waals surface area contributed by atoms with Crippen molar-refractivity contribution >= 4 is 10.0 Å². The Balaban J connectivity index is 2.30. The Labute approximate surface area is 92.2 Å². The van der Waals surface area contributed by atoms with E-state index in [4.69, 9.17) is 0 Å². The Morgan fingerprint density at radius 3 is 2.93 bits per heavy atom. The lowest BCUT2D eigenvalue weighted by atomic mass is 10.0. The molecule has 0 radical (unpaired) electrons. The van der Waals surface area contributed by atoms with E-state index in [2.05, 4.69) is 16.6 Å². The quantitative estimate of drug-likeness (QED) is 0.517. The Morgan fingerprint density at radius 2 is 2.33 bits per heavy atom. The number of piperidine rings is 1. The summed E-state index contributed by atoms with van der Waals surface area (Å²) in [5.74, 6) is 0.511. The van der Waals surface area contributed by atoms with Crippen molar-refractivity contribution in [3.8, 4) is 0 Å².